The van der Waals surface area contributed by atoms with Crippen molar-refractivity contribution in [3.8, 4) is 11.5 Å². The van der Waals surface area contributed by atoms with Crippen LogP contribution in [0.2, 0.25) is 0 Å². The van der Waals surface area contributed by atoms with Crippen LogP contribution in [-0.4, -0.2) is 35.6 Å². The third-order valence-corrected chi connectivity index (χ3v) is 6.48. The summed E-state index contributed by atoms with van der Waals surface area (Å²) in [6.07, 6.45) is 5.64. The standard InChI is InChI=1S/C20H25NO3/c1-12-19(24-18-5-3-2-4-17(18)23-12)20(22)21-11-15-7-13-6-14(8-15)10-16(21)9-13/h2-5,12-16,19H,6-11H2,1H3/t12-,13-,14+,15?,16?,19-/m1/s1. The van der Waals surface area contributed by atoms with Crippen LogP contribution in [0, 0.1) is 17.8 Å². The highest BCUT2D eigenvalue weighted by Crippen LogP contribution is 2.48. The average Bonchev–Trinajstić information content (AvgIpc) is 2.77. The summed E-state index contributed by atoms with van der Waals surface area (Å²) in [5.41, 5.74) is 0. The number of fused-ring (bicyclic) bond motifs is 2. The van der Waals surface area contributed by atoms with Crippen LogP contribution in [0.1, 0.15) is 39.0 Å². The van der Waals surface area contributed by atoms with Gasteiger partial charge in [-0.3, -0.25) is 4.79 Å². The first kappa shape index (κ1) is 14.6. The van der Waals surface area contributed by atoms with Crippen molar-refractivity contribution in [2.75, 3.05) is 6.54 Å². The van der Waals surface area contributed by atoms with Gasteiger partial charge in [0.25, 0.3) is 5.91 Å². The first-order chi connectivity index (χ1) is 11.7. The Morgan fingerprint density at radius 3 is 2.29 bits per heavy atom. The largest absolute Gasteiger partial charge is 0.482 e. The minimum atomic E-state index is -0.518. The number of para-hydroxylation sites is 2. The molecule has 6 rings (SSSR count). The third kappa shape index (κ3) is 2.30. The molecule has 1 amide bonds. The summed E-state index contributed by atoms with van der Waals surface area (Å²) in [6.45, 7) is 2.87. The van der Waals surface area contributed by atoms with Crippen molar-refractivity contribution < 1.29 is 14.3 Å². The lowest BCUT2D eigenvalue weighted by molar-refractivity contribution is -0.147. The van der Waals surface area contributed by atoms with E-state index < -0.39 is 6.10 Å². The summed E-state index contributed by atoms with van der Waals surface area (Å²) in [4.78, 5) is 15.5. The molecule has 128 valence electrons. The molecule has 1 aromatic carbocycles. The molecule has 0 N–H and O–H groups in total. The number of carbonyl (C=O) groups is 1. The Morgan fingerprint density at radius 2 is 1.58 bits per heavy atom. The third-order valence-electron chi connectivity index (χ3n) is 6.48. The topological polar surface area (TPSA) is 38.8 Å². The van der Waals surface area contributed by atoms with E-state index in [-0.39, 0.29) is 12.0 Å². The number of hydrogen-bond donors (Lipinski definition) is 0. The molecule has 3 aliphatic heterocycles. The minimum absolute atomic E-state index is 0.134. The van der Waals surface area contributed by atoms with Crippen LogP contribution in [-0.2, 0) is 4.79 Å². The van der Waals surface area contributed by atoms with Crippen LogP contribution in [0.5, 0.6) is 11.5 Å². The highest BCUT2D eigenvalue weighted by atomic mass is 16.6. The first-order valence-electron chi connectivity index (χ1n) is 9.40. The number of amides is 1. The van der Waals surface area contributed by atoms with Crippen LogP contribution in [0.15, 0.2) is 24.3 Å². The average molecular weight is 327 g/mol. The molecule has 2 aliphatic carbocycles. The summed E-state index contributed by atoms with van der Waals surface area (Å²) in [7, 11) is 0. The molecule has 0 aromatic heterocycles. The number of carbonyl (C=O) groups excluding carboxylic acids is 1. The van der Waals surface area contributed by atoms with Crippen LogP contribution < -0.4 is 9.47 Å². The normalized spacial score (nSPS) is 39.6. The molecule has 2 unspecified atom stereocenters. The molecule has 4 nitrogen and oxygen atoms in total. The Balaban J connectivity index is 1.40. The summed E-state index contributed by atoms with van der Waals surface area (Å²) in [6, 6.07) is 8.06. The minimum Gasteiger partial charge on any atom is -0.482 e. The van der Waals surface area contributed by atoms with Gasteiger partial charge in [0.15, 0.2) is 11.5 Å². The fraction of sp³-hybridized carbons (Fsp3) is 0.650. The van der Waals surface area contributed by atoms with E-state index in [0.717, 1.165) is 24.1 Å². The second kappa shape index (κ2) is 5.40. The van der Waals surface area contributed by atoms with Gasteiger partial charge in [-0.2, -0.15) is 0 Å². The number of ether oxygens (including phenoxy) is 2. The molecule has 4 fully saturated rings. The number of rotatable bonds is 1. The maximum absolute atomic E-state index is 13.3. The second-order valence-electron chi connectivity index (χ2n) is 8.23. The molecule has 2 saturated carbocycles. The van der Waals surface area contributed by atoms with E-state index in [0.29, 0.717) is 17.7 Å². The van der Waals surface area contributed by atoms with E-state index in [1.165, 1.54) is 32.1 Å². The maximum atomic E-state index is 13.3. The van der Waals surface area contributed by atoms with Gasteiger partial charge in [0.1, 0.15) is 6.10 Å². The van der Waals surface area contributed by atoms with Gasteiger partial charge in [-0.1, -0.05) is 12.1 Å². The Bertz CT molecular complexity index is 646. The Labute approximate surface area is 143 Å². The monoisotopic (exact) mass is 327 g/mol. The zero-order valence-corrected chi connectivity index (χ0v) is 14.2. The summed E-state index contributed by atoms with van der Waals surface area (Å²) >= 11 is 0. The van der Waals surface area contributed by atoms with Crippen molar-refractivity contribution in [2.45, 2.75) is 57.3 Å². The predicted molar refractivity (Wildman–Crippen MR) is 90.0 cm³/mol. The van der Waals surface area contributed by atoms with Crippen LogP contribution in [0.4, 0.5) is 0 Å². The van der Waals surface area contributed by atoms with Crippen LogP contribution in [0.3, 0.4) is 0 Å². The van der Waals surface area contributed by atoms with Crippen LogP contribution >= 0.6 is 0 Å². The maximum Gasteiger partial charge on any atom is 0.267 e. The molecular weight excluding hydrogens is 302 g/mol. The van der Waals surface area contributed by atoms with Crippen molar-refractivity contribution in [3.63, 3.8) is 0 Å². The van der Waals surface area contributed by atoms with Gasteiger partial charge in [0.2, 0.25) is 6.10 Å². The predicted octanol–water partition coefficient (Wildman–Crippen LogP) is 3.25. The van der Waals surface area contributed by atoms with Crippen molar-refractivity contribution >= 4 is 5.91 Å². The zero-order valence-electron chi connectivity index (χ0n) is 14.2. The van der Waals surface area contributed by atoms with E-state index in [1.54, 1.807) is 0 Å². The van der Waals surface area contributed by atoms with Gasteiger partial charge in [-0.25, -0.2) is 0 Å². The Kier molecular flexibility index (Phi) is 3.29. The number of benzene rings is 1. The van der Waals surface area contributed by atoms with Gasteiger partial charge in [0, 0.05) is 12.6 Å². The summed E-state index contributed by atoms with van der Waals surface area (Å²) < 4.78 is 12.0. The molecule has 2 saturated heterocycles. The second-order valence-corrected chi connectivity index (χ2v) is 8.23. The summed E-state index contributed by atoms with van der Waals surface area (Å²) in [5, 5.41) is 0. The van der Waals surface area contributed by atoms with Gasteiger partial charge < -0.3 is 14.4 Å². The molecule has 3 heterocycles. The van der Waals surface area contributed by atoms with E-state index in [4.69, 9.17) is 9.47 Å². The highest BCUT2D eigenvalue weighted by molar-refractivity contribution is 5.83. The van der Waals surface area contributed by atoms with Crippen molar-refractivity contribution in [1.29, 1.82) is 0 Å². The van der Waals surface area contributed by atoms with Gasteiger partial charge >= 0.3 is 0 Å². The van der Waals surface area contributed by atoms with E-state index in [9.17, 15) is 4.79 Å². The van der Waals surface area contributed by atoms with E-state index >= 15 is 0 Å². The lowest BCUT2D eigenvalue weighted by Crippen LogP contribution is -2.54. The van der Waals surface area contributed by atoms with Gasteiger partial charge in [0.05, 0.1) is 0 Å². The quantitative estimate of drug-likeness (QED) is 0.795. The fourth-order valence-corrected chi connectivity index (χ4v) is 5.61. The van der Waals surface area contributed by atoms with Gasteiger partial charge in [-0.15, -0.1) is 0 Å². The number of hydrogen-bond acceptors (Lipinski definition) is 3. The fourth-order valence-electron chi connectivity index (χ4n) is 5.61. The lowest BCUT2D eigenvalue weighted by atomic mass is 9.68. The van der Waals surface area contributed by atoms with Gasteiger partial charge in [-0.05, 0) is 68.9 Å². The lowest BCUT2D eigenvalue weighted by Gasteiger charge is -2.40. The Morgan fingerprint density at radius 1 is 0.958 bits per heavy atom. The number of nitrogens with zero attached hydrogens (tertiary/aromatic N) is 1. The van der Waals surface area contributed by atoms with E-state index in [1.807, 2.05) is 31.2 Å². The molecule has 0 radical (unpaired) electrons. The highest BCUT2D eigenvalue weighted by Gasteiger charge is 2.47. The van der Waals surface area contributed by atoms with E-state index in [2.05, 4.69) is 4.90 Å². The molecule has 1 aromatic rings. The molecule has 6 atom stereocenters. The first-order valence-corrected chi connectivity index (χ1v) is 9.40. The Hall–Kier alpha value is -1.71. The van der Waals surface area contributed by atoms with Crippen molar-refractivity contribution in [3.05, 3.63) is 24.3 Å². The van der Waals surface area contributed by atoms with Crippen LogP contribution in [0.25, 0.3) is 0 Å². The summed E-state index contributed by atoms with van der Waals surface area (Å²) in [5.74, 6) is 3.94. The van der Waals surface area contributed by atoms with Crippen molar-refractivity contribution in [1.82, 2.24) is 4.90 Å². The molecule has 4 bridgehead atoms. The SMILES string of the molecule is C[C@H]1Oc2ccccc2O[C@H]1C(=O)N1CC2C[C@@H]3CC1C[C@H](C2)C3. The van der Waals surface area contributed by atoms with Crippen molar-refractivity contribution in [2.24, 2.45) is 17.8 Å². The molecule has 24 heavy (non-hydrogen) atoms. The molecule has 5 aliphatic rings. The zero-order chi connectivity index (χ0) is 16.3. The molecular formula is C20H25NO3. The molecule has 4 heteroatoms. The smallest absolute Gasteiger partial charge is 0.267 e. The molecule has 0 spiro atoms.